The molecule has 0 aliphatic carbocycles. The van der Waals surface area contributed by atoms with Crippen LogP contribution in [0.3, 0.4) is 0 Å². The standard InChI is InChI=1S/C13H18N2O2/c1-10(11-5-3-2-4-6-11)15-12(16)7-13(14)8-17-9-13/h2-6,10H,7-9,14H2,1H3,(H,15,16). The molecule has 0 saturated carbocycles. The van der Waals surface area contributed by atoms with Crippen molar-refractivity contribution in [1.82, 2.24) is 5.32 Å². The van der Waals surface area contributed by atoms with Crippen LogP contribution in [-0.2, 0) is 9.53 Å². The van der Waals surface area contributed by atoms with Gasteiger partial charge in [0.25, 0.3) is 0 Å². The van der Waals surface area contributed by atoms with Crippen LogP contribution in [0.5, 0.6) is 0 Å². The lowest BCUT2D eigenvalue weighted by molar-refractivity contribution is -0.129. The maximum atomic E-state index is 11.8. The number of hydrogen-bond acceptors (Lipinski definition) is 3. The molecule has 1 saturated heterocycles. The number of rotatable bonds is 4. The van der Waals surface area contributed by atoms with Gasteiger partial charge in [0.05, 0.1) is 24.8 Å². The lowest BCUT2D eigenvalue weighted by atomic mass is 9.94. The highest BCUT2D eigenvalue weighted by atomic mass is 16.5. The number of nitrogens with one attached hydrogen (secondary N) is 1. The summed E-state index contributed by atoms with van der Waals surface area (Å²) >= 11 is 0. The van der Waals surface area contributed by atoms with Crippen molar-refractivity contribution in [2.45, 2.75) is 24.9 Å². The number of nitrogens with two attached hydrogens (primary N) is 1. The second-order valence-corrected chi connectivity index (χ2v) is 4.73. The van der Waals surface area contributed by atoms with Crippen molar-refractivity contribution < 1.29 is 9.53 Å². The second-order valence-electron chi connectivity index (χ2n) is 4.73. The Kier molecular flexibility index (Phi) is 3.45. The van der Waals surface area contributed by atoms with E-state index in [2.05, 4.69) is 5.32 Å². The first-order valence-corrected chi connectivity index (χ1v) is 5.80. The fraction of sp³-hybridized carbons (Fsp3) is 0.462. The van der Waals surface area contributed by atoms with E-state index >= 15 is 0 Å². The summed E-state index contributed by atoms with van der Waals surface area (Å²) < 4.78 is 5.02. The molecule has 1 atom stereocenters. The van der Waals surface area contributed by atoms with E-state index in [1.807, 2.05) is 37.3 Å². The average Bonchev–Trinajstić information content (AvgIpc) is 2.28. The zero-order valence-electron chi connectivity index (χ0n) is 9.98. The minimum absolute atomic E-state index is 0.00768. The molecule has 92 valence electrons. The van der Waals surface area contributed by atoms with E-state index in [0.29, 0.717) is 19.6 Å². The van der Waals surface area contributed by atoms with Crippen LogP contribution >= 0.6 is 0 Å². The van der Waals surface area contributed by atoms with Gasteiger partial charge in [-0.15, -0.1) is 0 Å². The minimum Gasteiger partial charge on any atom is -0.377 e. The molecular formula is C13H18N2O2. The first kappa shape index (κ1) is 12.1. The van der Waals surface area contributed by atoms with E-state index in [1.165, 1.54) is 0 Å². The van der Waals surface area contributed by atoms with Gasteiger partial charge in [-0.2, -0.15) is 0 Å². The second kappa shape index (κ2) is 4.85. The van der Waals surface area contributed by atoms with Crippen LogP contribution in [0.1, 0.15) is 24.9 Å². The van der Waals surface area contributed by atoms with Crippen molar-refractivity contribution in [3.8, 4) is 0 Å². The number of carbonyl (C=O) groups excluding carboxylic acids is 1. The Morgan fingerprint density at radius 2 is 2.12 bits per heavy atom. The minimum atomic E-state index is -0.458. The Morgan fingerprint density at radius 3 is 2.65 bits per heavy atom. The van der Waals surface area contributed by atoms with Gasteiger partial charge >= 0.3 is 0 Å². The van der Waals surface area contributed by atoms with Crippen LogP contribution in [0.2, 0.25) is 0 Å². The maximum Gasteiger partial charge on any atom is 0.222 e. The zero-order valence-corrected chi connectivity index (χ0v) is 9.98. The van der Waals surface area contributed by atoms with E-state index in [-0.39, 0.29) is 11.9 Å². The van der Waals surface area contributed by atoms with Crippen LogP contribution in [0, 0.1) is 0 Å². The number of ether oxygens (including phenoxy) is 1. The molecule has 3 N–H and O–H groups in total. The summed E-state index contributed by atoms with van der Waals surface area (Å²) in [5.74, 6) is -0.0212. The summed E-state index contributed by atoms with van der Waals surface area (Å²) in [6, 6.07) is 9.88. The van der Waals surface area contributed by atoms with Gasteiger partial charge in [0.2, 0.25) is 5.91 Å². The first-order valence-electron chi connectivity index (χ1n) is 5.80. The van der Waals surface area contributed by atoms with Crippen LogP contribution in [-0.4, -0.2) is 24.7 Å². The third kappa shape index (κ3) is 3.05. The van der Waals surface area contributed by atoms with Gasteiger partial charge in [-0.1, -0.05) is 30.3 Å². The average molecular weight is 234 g/mol. The summed E-state index contributed by atoms with van der Waals surface area (Å²) in [4.78, 5) is 11.8. The number of hydrogen-bond donors (Lipinski definition) is 2. The molecule has 1 heterocycles. The Morgan fingerprint density at radius 1 is 1.47 bits per heavy atom. The molecule has 1 aliphatic rings. The van der Waals surface area contributed by atoms with E-state index < -0.39 is 5.54 Å². The summed E-state index contributed by atoms with van der Waals surface area (Å²) in [6.45, 7) is 2.91. The Balaban J connectivity index is 1.86. The monoisotopic (exact) mass is 234 g/mol. The lowest BCUT2D eigenvalue weighted by Crippen LogP contribution is -2.59. The Bertz CT molecular complexity index is 388. The zero-order chi connectivity index (χ0) is 12.3. The predicted molar refractivity (Wildman–Crippen MR) is 65.4 cm³/mol. The van der Waals surface area contributed by atoms with Gasteiger partial charge in [0, 0.05) is 6.42 Å². The van der Waals surface area contributed by atoms with Crippen LogP contribution in [0.15, 0.2) is 30.3 Å². The molecule has 0 radical (unpaired) electrons. The molecule has 1 aromatic carbocycles. The molecule has 1 aliphatic heterocycles. The van der Waals surface area contributed by atoms with E-state index in [4.69, 9.17) is 10.5 Å². The number of benzene rings is 1. The SMILES string of the molecule is CC(NC(=O)CC1(N)COC1)c1ccccc1. The molecule has 2 rings (SSSR count). The highest BCUT2D eigenvalue weighted by Gasteiger charge is 2.36. The summed E-state index contributed by atoms with van der Waals surface area (Å²) in [6.07, 6.45) is 0.324. The number of carbonyl (C=O) groups is 1. The third-order valence-corrected chi connectivity index (χ3v) is 2.97. The largest absolute Gasteiger partial charge is 0.377 e. The van der Waals surface area contributed by atoms with Crippen molar-refractivity contribution in [3.63, 3.8) is 0 Å². The van der Waals surface area contributed by atoms with E-state index in [9.17, 15) is 4.79 Å². The maximum absolute atomic E-state index is 11.8. The summed E-state index contributed by atoms with van der Waals surface area (Å²) in [5.41, 5.74) is 6.57. The van der Waals surface area contributed by atoms with Gasteiger partial charge in [0.15, 0.2) is 0 Å². The van der Waals surface area contributed by atoms with Crippen molar-refractivity contribution in [3.05, 3.63) is 35.9 Å². The highest BCUT2D eigenvalue weighted by Crippen LogP contribution is 2.18. The first-order chi connectivity index (χ1) is 8.09. The fourth-order valence-electron chi connectivity index (χ4n) is 1.90. The van der Waals surface area contributed by atoms with Gasteiger partial charge < -0.3 is 15.8 Å². The molecule has 4 heteroatoms. The molecule has 17 heavy (non-hydrogen) atoms. The highest BCUT2D eigenvalue weighted by molar-refractivity contribution is 5.77. The summed E-state index contributed by atoms with van der Waals surface area (Å²) in [5, 5.41) is 2.95. The molecule has 0 aromatic heterocycles. The van der Waals surface area contributed by atoms with Gasteiger partial charge in [-0.25, -0.2) is 0 Å². The van der Waals surface area contributed by atoms with Crippen molar-refractivity contribution in [1.29, 1.82) is 0 Å². The number of amides is 1. The Hall–Kier alpha value is -1.39. The predicted octanol–water partition coefficient (Wildman–Crippen LogP) is 0.982. The molecular weight excluding hydrogens is 216 g/mol. The van der Waals surface area contributed by atoms with Crippen LogP contribution in [0.4, 0.5) is 0 Å². The molecule has 0 spiro atoms. The van der Waals surface area contributed by atoms with Crippen LogP contribution in [0.25, 0.3) is 0 Å². The molecule has 1 amide bonds. The van der Waals surface area contributed by atoms with Crippen molar-refractivity contribution in [2.75, 3.05) is 13.2 Å². The molecule has 4 nitrogen and oxygen atoms in total. The normalized spacial score (nSPS) is 19.2. The van der Waals surface area contributed by atoms with Gasteiger partial charge in [0.1, 0.15) is 0 Å². The molecule has 0 bridgehead atoms. The van der Waals surface area contributed by atoms with E-state index in [1.54, 1.807) is 0 Å². The van der Waals surface area contributed by atoms with E-state index in [0.717, 1.165) is 5.56 Å². The molecule has 1 unspecified atom stereocenters. The fourth-order valence-corrected chi connectivity index (χ4v) is 1.90. The molecule has 1 fully saturated rings. The summed E-state index contributed by atoms with van der Waals surface area (Å²) in [7, 11) is 0. The van der Waals surface area contributed by atoms with Gasteiger partial charge in [-0.05, 0) is 12.5 Å². The van der Waals surface area contributed by atoms with Crippen molar-refractivity contribution >= 4 is 5.91 Å². The lowest BCUT2D eigenvalue weighted by Gasteiger charge is -2.37. The molecule has 1 aromatic rings. The van der Waals surface area contributed by atoms with Crippen LogP contribution < -0.4 is 11.1 Å². The van der Waals surface area contributed by atoms with Crippen molar-refractivity contribution in [2.24, 2.45) is 5.73 Å². The van der Waals surface area contributed by atoms with Gasteiger partial charge in [-0.3, -0.25) is 4.79 Å². The smallest absolute Gasteiger partial charge is 0.222 e. The quantitative estimate of drug-likeness (QED) is 0.816. The topological polar surface area (TPSA) is 64.4 Å². The third-order valence-electron chi connectivity index (χ3n) is 2.97. The Labute approximate surface area is 101 Å².